The molecular formula is C27H28ClF3N6O3. The average molecular weight is 577 g/mol. The van der Waals surface area contributed by atoms with Crippen molar-refractivity contribution in [2.24, 2.45) is 10.7 Å². The number of benzene rings is 2. The molecular weight excluding hydrogens is 549 g/mol. The number of anilines is 1. The number of rotatable bonds is 7. The Labute approximate surface area is 233 Å². The minimum absolute atomic E-state index is 0.00117. The van der Waals surface area contributed by atoms with E-state index >= 15 is 0 Å². The Balaban J connectivity index is 1.64. The summed E-state index contributed by atoms with van der Waals surface area (Å²) >= 11 is 6.60. The summed E-state index contributed by atoms with van der Waals surface area (Å²) < 4.78 is 46.9. The van der Waals surface area contributed by atoms with Crippen molar-refractivity contribution in [2.45, 2.75) is 50.6 Å². The SMILES string of the molecule is CC1CC(N(C)C(N)=NC(CC=O)c2cccc(NC(=O)c3nc4ccccc4nc3C(F)(F)F)c2Cl)CCO1. The summed E-state index contributed by atoms with van der Waals surface area (Å²) in [6.07, 6.45) is -2.74. The van der Waals surface area contributed by atoms with Crippen molar-refractivity contribution in [3.8, 4) is 0 Å². The number of aromatic nitrogens is 2. The third-order valence-electron chi connectivity index (χ3n) is 6.66. The van der Waals surface area contributed by atoms with Crippen molar-refractivity contribution < 1.29 is 27.5 Å². The highest BCUT2D eigenvalue weighted by Gasteiger charge is 2.39. The van der Waals surface area contributed by atoms with Crippen molar-refractivity contribution in [2.75, 3.05) is 19.0 Å². The molecule has 13 heteroatoms. The largest absolute Gasteiger partial charge is 0.435 e. The number of ether oxygens (including phenoxy) is 1. The smallest absolute Gasteiger partial charge is 0.378 e. The van der Waals surface area contributed by atoms with Gasteiger partial charge in [-0.2, -0.15) is 13.2 Å². The Morgan fingerprint density at radius 3 is 2.60 bits per heavy atom. The van der Waals surface area contributed by atoms with E-state index in [0.29, 0.717) is 18.5 Å². The lowest BCUT2D eigenvalue weighted by atomic mass is 10.0. The van der Waals surface area contributed by atoms with Crippen LogP contribution >= 0.6 is 11.6 Å². The zero-order valence-corrected chi connectivity index (χ0v) is 22.5. The molecule has 0 saturated carbocycles. The van der Waals surface area contributed by atoms with Crippen LogP contribution in [0.4, 0.5) is 18.9 Å². The van der Waals surface area contributed by atoms with E-state index in [4.69, 9.17) is 22.1 Å². The van der Waals surface area contributed by atoms with Gasteiger partial charge in [-0.3, -0.25) is 4.79 Å². The topological polar surface area (TPSA) is 123 Å². The normalized spacial score (nSPS) is 18.8. The second-order valence-electron chi connectivity index (χ2n) is 9.45. The fraction of sp³-hybridized carbons (Fsp3) is 0.370. The van der Waals surface area contributed by atoms with E-state index in [1.165, 1.54) is 24.3 Å². The molecule has 3 unspecified atom stereocenters. The fourth-order valence-corrected chi connectivity index (χ4v) is 4.84. The second-order valence-corrected chi connectivity index (χ2v) is 9.82. The van der Waals surface area contributed by atoms with Gasteiger partial charge in [-0.05, 0) is 43.5 Å². The van der Waals surface area contributed by atoms with Crippen LogP contribution in [0.1, 0.15) is 54.0 Å². The number of fused-ring (bicyclic) bond motifs is 1. The monoisotopic (exact) mass is 576 g/mol. The molecule has 40 heavy (non-hydrogen) atoms. The summed E-state index contributed by atoms with van der Waals surface area (Å²) in [5.74, 6) is -0.953. The molecule has 0 spiro atoms. The summed E-state index contributed by atoms with van der Waals surface area (Å²) in [4.78, 5) is 38.5. The van der Waals surface area contributed by atoms with Crippen molar-refractivity contribution in [3.05, 3.63) is 64.4 Å². The van der Waals surface area contributed by atoms with E-state index < -0.39 is 29.5 Å². The molecule has 1 aliphatic heterocycles. The Bertz CT molecular complexity index is 1430. The van der Waals surface area contributed by atoms with Crippen LogP contribution in [0.2, 0.25) is 5.02 Å². The number of carbonyl (C=O) groups is 2. The number of para-hydroxylation sites is 2. The Morgan fingerprint density at radius 2 is 1.95 bits per heavy atom. The number of nitrogens with two attached hydrogens (primary N) is 1. The summed E-state index contributed by atoms with van der Waals surface area (Å²) in [5, 5.41) is 2.41. The minimum atomic E-state index is -4.93. The molecule has 1 saturated heterocycles. The molecule has 2 heterocycles. The minimum Gasteiger partial charge on any atom is -0.378 e. The van der Waals surface area contributed by atoms with Crippen LogP contribution in [0.5, 0.6) is 0 Å². The number of hydrogen-bond acceptors (Lipinski definition) is 6. The molecule has 1 aromatic heterocycles. The molecule has 0 radical (unpaired) electrons. The quantitative estimate of drug-likeness (QED) is 0.230. The number of alkyl halides is 3. The van der Waals surface area contributed by atoms with E-state index in [2.05, 4.69) is 20.3 Å². The van der Waals surface area contributed by atoms with Crippen LogP contribution in [-0.4, -0.2) is 58.8 Å². The lowest BCUT2D eigenvalue weighted by Gasteiger charge is -2.35. The number of nitrogens with one attached hydrogen (secondary N) is 1. The predicted octanol–water partition coefficient (Wildman–Crippen LogP) is 5.00. The van der Waals surface area contributed by atoms with Gasteiger partial charge in [0.2, 0.25) is 0 Å². The Kier molecular flexibility index (Phi) is 8.89. The number of carbonyl (C=O) groups excluding carboxylic acids is 2. The molecule has 3 atom stereocenters. The molecule has 4 rings (SSSR count). The molecule has 212 valence electrons. The van der Waals surface area contributed by atoms with E-state index in [1.807, 2.05) is 11.8 Å². The van der Waals surface area contributed by atoms with Crippen LogP contribution in [0.15, 0.2) is 47.5 Å². The lowest BCUT2D eigenvalue weighted by Crippen LogP contribution is -2.46. The number of aldehydes is 1. The first-order chi connectivity index (χ1) is 19.0. The maximum Gasteiger partial charge on any atom is 0.435 e. The first-order valence-electron chi connectivity index (χ1n) is 12.5. The van der Waals surface area contributed by atoms with E-state index in [-0.39, 0.29) is 46.3 Å². The fourth-order valence-electron chi connectivity index (χ4n) is 4.55. The van der Waals surface area contributed by atoms with Crippen molar-refractivity contribution >= 4 is 46.5 Å². The first kappa shape index (κ1) is 29.2. The second kappa shape index (κ2) is 12.2. The van der Waals surface area contributed by atoms with Crippen LogP contribution < -0.4 is 11.1 Å². The Morgan fingerprint density at radius 1 is 1.25 bits per heavy atom. The van der Waals surface area contributed by atoms with Gasteiger partial charge in [0.15, 0.2) is 17.3 Å². The number of amides is 1. The van der Waals surface area contributed by atoms with Gasteiger partial charge in [0, 0.05) is 26.1 Å². The lowest BCUT2D eigenvalue weighted by molar-refractivity contribution is -0.141. The summed E-state index contributed by atoms with van der Waals surface area (Å²) in [7, 11) is 1.81. The molecule has 2 aromatic carbocycles. The van der Waals surface area contributed by atoms with Gasteiger partial charge in [0.25, 0.3) is 5.91 Å². The van der Waals surface area contributed by atoms with Crippen LogP contribution in [0.25, 0.3) is 11.0 Å². The standard InChI is InChI=1S/C27H28ClF3N6O3/c1-15-14-16(11-13-40-15)37(2)26(32)36-18(10-12-38)17-6-5-9-21(22(17)28)35-25(39)23-24(27(29,30)31)34-20-8-4-3-7-19(20)33-23/h3-9,12,15-16,18H,10-11,13-14H2,1-2H3,(H2,32,36)(H,35,39). The highest BCUT2D eigenvalue weighted by molar-refractivity contribution is 6.34. The molecule has 1 aliphatic rings. The maximum atomic E-state index is 13.8. The van der Waals surface area contributed by atoms with E-state index in [1.54, 1.807) is 25.2 Å². The molecule has 9 nitrogen and oxygen atoms in total. The van der Waals surface area contributed by atoms with Gasteiger partial charge in [-0.15, -0.1) is 0 Å². The molecule has 0 bridgehead atoms. The predicted molar refractivity (Wildman–Crippen MR) is 145 cm³/mol. The van der Waals surface area contributed by atoms with E-state index in [9.17, 15) is 22.8 Å². The number of guanidine groups is 1. The zero-order chi connectivity index (χ0) is 29.0. The molecule has 3 N–H and O–H groups in total. The number of hydrogen-bond donors (Lipinski definition) is 2. The van der Waals surface area contributed by atoms with Crippen LogP contribution in [0, 0.1) is 0 Å². The summed E-state index contributed by atoms with van der Waals surface area (Å²) in [6.45, 7) is 2.57. The van der Waals surface area contributed by atoms with Gasteiger partial charge in [-0.1, -0.05) is 35.9 Å². The average Bonchev–Trinajstić information content (AvgIpc) is 2.92. The number of halogens is 4. The van der Waals surface area contributed by atoms with Crippen molar-refractivity contribution in [1.82, 2.24) is 14.9 Å². The van der Waals surface area contributed by atoms with Crippen LogP contribution in [-0.2, 0) is 15.7 Å². The first-order valence-corrected chi connectivity index (χ1v) is 12.9. The third kappa shape index (κ3) is 6.50. The maximum absolute atomic E-state index is 13.8. The van der Waals surface area contributed by atoms with E-state index in [0.717, 1.165) is 12.8 Å². The van der Waals surface area contributed by atoms with Gasteiger partial charge in [0.1, 0.15) is 6.29 Å². The van der Waals surface area contributed by atoms with Crippen molar-refractivity contribution in [1.29, 1.82) is 0 Å². The summed E-state index contributed by atoms with van der Waals surface area (Å²) in [6, 6.07) is 9.80. The van der Waals surface area contributed by atoms with Gasteiger partial charge >= 0.3 is 6.18 Å². The number of aliphatic imine (C=N–C) groups is 1. The highest BCUT2D eigenvalue weighted by Crippen LogP contribution is 2.35. The molecule has 1 fully saturated rings. The number of nitrogens with zero attached hydrogens (tertiary/aromatic N) is 4. The zero-order valence-electron chi connectivity index (χ0n) is 21.8. The van der Waals surface area contributed by atoms with Gasteiger partial charge < -0.3 is 25.5 Å². The third-order valence-corrected chi connectivity index (χ3v) is 7.09. The Hall–Kier alpha value is -3.77. The van der Waals surface area contributed by atoms with Gasteiger partial charge in [0.05, 0.1) is 33.9 Å². The van der Waals surface area contributed by atoms with Crippen LogP contribution in [0.3, 0.4) is 0 Å². The highest BCUT2D eigenvalue weighted by atomic mass is 35.5. The summed E-state index contributed by atoms with van der Waals surface area (Å²) in [5.41, 5.74) is 4.48. The van der Waals surface area contributed by atoms with Crippen molar-refractivity contribution in [3.63, 3.8) is 0 Å². The van der Waals surface area contributed by atoms with Gasteiger partial charge in [-0.25, -0.2) is 15.0 Å². The molecule has 0 aliphatic carbocycles. The molecule has 3 aromatic rings. The molecule has 1 amide bonds.